The number of benzene rings is 2. The van der Waals surface area contributed by atoms with Crippen molar-refractivity contribution in [2.45, 2.75) is 12.1 Å². The van der Waals surface area contributed by atoms with Crippen molar-refractivity contribution in [3.8, 4) is 5.69 Å². The molecule has 7 heteroatoms. The quantitative estimate of drug-likeness (QED) is 0.544. The minimum atomic E-state index is -0.150. The Morgan fingerprint density at radius 2 is 1.80 bits per heavy atom. The number of amides is 1. The number of anilines is 1. The summed E-state index contributed by atoms with van der Waals surface area (Å²) in [5.74, 6) is 0.0526. The maximum absolute atomic E-state index is 12.1. The number of carbonyl (C=O) groups excluding carboxylic acids is 2. The molecule has 0 aliphatic rings. The van der Waals surface area contributed by atoms with Crippen LogP contribution >= 0.6 is 11.8 Å². The van der Waals surface area contributed by atoms with Crippen LogP contribution in [0, 0.1) is 0 Å². The zero-order chi connectivity index (χ0) is 17.6. The first-order valence-electron chi connectivity index (χ1n) is 7.62. The largest absolute Gasteiger partial charge is 0.325 e. The second kappa shape index (κ2) is 7.76. The highest BCUT2D eigenvalue weighted by molar-refractivity contribution is 7.99. The van der Waals surface area contributed by atoms with Gasteiger partial charge in [0.25, 0.3) is 0 Å². The van der Waals surface area contributed by atoms with Gasteiger partial charge in [0, 0.05) is 16.9 Å². The van der Waals surface area contributed by atoms with Gasteiger partial charge >= 0.3 is 0 Å². The Hall–Kier alpha value is -2.93. The minimum Gasteiger partial charge on any atom is -0.325 e. The standard InChI is InChI=1S/C18H16N4O2S/c1-13(23)14-7-9-15(10-8-14)20-17(24)11-25-18-21-19-12-22(18)16-5-3-2-4-6-16/h2-10,12H,11H2,1H3,(H,20,24). The van der Waals surface area contributed by atoms with Crippen LogP contribution in [-0.4, -0.2) is 32.2 Å². The van der Waals surface area contributed by atoms with Gasteiger partial charge in [0.1, 0.15) is 6.33 Å². The van der Waals surface area contributed by atoms with E-state index in [0.29, 0.717) is 16.4 Å². The molecule has 0 aliphatic heterocycles. The number of nitrogens with one attached hydrogen (secondary N) is 1. The Balaban J connectivity index is 1.60. The Kier molecular flexibility index (Phi) is 5.25. The zero-order valence-corrected chi connectivity index (χ0v) is 14.4. The number of hydrogen-bond donors (Lipinski definition) is 1. The minimum absolute atomic E-state index is 0.00585. The lowest BCUT2D eigenvalue weighted by molar-refractivity contribution is -0.113. The molecule has 0 aliphatic carbocycles. The highest BCUT2D eigenvalue weighted by Gasteiger charge is 2.10. The number of para-hydroxylation sites is 1. The van der Waals surface area contributed by atoms with Crippen molar-refractivity contribution < 1.29 is 9.59 Å². The van der Waals surface area contributed by atoms with Gasteiger partial charge in [0.05, 0.1) is 5.75 Å². The van der Waals surface area contributed by atoms with Crippen molar-refractivity contribution in [2.24, 2.45) is 0 Å². The van der Waals surface area contributed by atoms with Crippen LogP contribution in [0.3, 0.4) is 0 Å². The molecule has 1 heterocycles. The van der Waals surface area contributed by atoms with Crippen LogP contribution < -0.4 is 5.32 Å². The van der Waals surface area contributed by atoms with E-state index in [9.17, 15) is 9.59 Å². The molecule has 3 aromatic rings. The molecule has 0 fully saturated rings. The summed E-state index contributed by atoms with van der Waals surface area (Å²) >= 11 is 1.31. The maximum Gasteiger partial charge on any atom is 0.234 e. The van der Waals surface area contributed by atoms with E-state index in [1.165, 1.54) is 18.7 Å². The van der Waals surface area contributed by atoms with Crippen molar-refractivity contribution >= 4 is 29.1 Å². The molecule has 25 heavy (non-hydrogen) atoms. The Morgan fingerprint density at radius 3 is 2.48 bits per heavy atom. The molecule has 1 aromatic heterocycles. The molecule has 0 atom stereocenters. The van der Waals surface area contributed by atoms with Crippen LogP contribution in [0.5, 0.6) is 0 Å². The van der Waals surface area contributed by atoms with E-state index in [0.717, 1.165) is 5.69 Å². The molecule has 1 N–H and O–H groups in total. The molecule has 0 saturated heterocycles. The Labute approximate surface area is 149 Å². The molecular weight excluding hydrogens is 336 g/mol. The van der Waals surface area contributed by atoms with Gasteiger partial charge in [-0.1, -0.05) is 30.0 Å². The van der Waals surface area contributed by atoms with Gasteiger partial charge in [0.15, 0.2) is 10.9 Å². The smallest absolute Gasteiger partial charge is 0.234 e. The van der Waals surface area contributed by atoms with Gasteiger partial charge in [-0.15, -0.1) is 10.2 Å². The van der Waals surface area contributed by atoms with E-state index in [1.807, 2.05) is 34.9 Å². The summed E-state index contributed by atoms with van der Waals surface area (Å²) in [6.07, 6.45) is 1.62. The lowest BCUT2D eigenvalue weighted by Crippen LogP contribution is -2.14. The first-order valence-corrected chi connectivity index (χ1v) is 8.61. The molecule has 0 saturated carbocycles. The van der Waals surface area contributed by atoms with Crippen LogP contribution in [0.1, 0.15) is 17.3 Å². The second-order valence-electron chi connectivity index (χ2n) is 5.29. The van der Waals surface area contributed by atoms with Gasteiger partial charge < -0.3 is 5.32 Å². The Bertz CT molecular complexity index is 876. The second-order valence-corrected chi connectivity index (χ2v) is 6.23. The van der Waals surface area contributed by atoms with Crippen molar-refractivity contribution in [1.29, 1.82) is 0 Å². The molecule has 3 rings (SSSR count). The third kappa shape index (κ3) is 4.33. The van der Waals surface area contributed by atoms with Crippen molar-refractivity contribution in [2.75, 3.05) is 11.1 Å². The number of hydrogen-bond acceptors (Lipinski definition) is 5. The van der Waals surface area contributed by atoms with E-state index >= 15 is 0 Å². The third-order valence-electron chi connectivity index (χ3n) is 3.46. The van der Waals surface area contributed by atoms with E-state index < -0.39 is 0 Å². The zero-order valence-electron chi connectivity index (χ0n) is 13.5. The van der Waals surface area contributed by atoms with Crippen molar-refractivity contribution in [1.82, 2.24) is 14.8 Å². The number of rotatable bonds is 6. The average molecular weight is 352 g/mol. The first-order chi connectivity index (χ1) is 12.1. The fourth-order valence-corrected chi connectivity index (χ4v) is 2.93. The molecule has 0 spiro atoms. The number of aromatic nitrogens is 3. The third-order valence-corrected chi connectivity index (χ3v) is 4.40. The summed E-state index contributed by atoms with van der Waals surface area (Å²) in [6, 6.07) is 16.5. The normalized spacial score (nSPS) is 10.4. The van der Waals surface area contributed by atoms with E-state index in [-0.39, 0.29) is 17.4 Å². The Morgan fingerprint density at radius 1 is 1.08 bits per heavy atom. The van der Waals surface area contributed by atoms with Crippen LogP contribution in [0.2, 0.25) is 0 Å². The van der Waals surface area contributed by atoms with Crippen molar-refractivity contribution in [3.05, 3.63) is 66.5 Å². The molecule has 1 amide bonds. The number of thioether (sulfide) groups is 1. The van der Waals surface area contributed by atoms with E-state index in [4.69, 9.17) is 0 Å². The van der Waals surface area contributed by atoms with E-state index in [1.54, 1.807) is 30.6 Å². The summed E-state index contributed by atoms with van der Waals surface area (Å²) in [4.78, 5) is 23.4. The van der Waals surface area contributed by atoms with Gasteiger partial charge in [0.2, 0.25) is 5.91 Å². The van der Waals surface area contributed by atoms with Gasteiger partial charge in [-0.25, -0.2) is 0 Å². The van der Waals surface area contributed by atoms with Crippen molar-refractivity contribution in [3.63, 3.8) is 0 Å². The lowest BCUT2D eigenvalue weighted by Gasteiger charge is -2.07. The summed E-state index contributed by atoms with van der Waals surface area (Å²) < 4.78 is 1.83. The first kappa shape index (κ1) is 16.9. The fraction of sp³-hybridized carbons (Fsp3) is 0.111. The molecule has 0 radical (unpaired) electrons. The summed E-state index contributed by atoms with van der Waals surface area (Å²) in [5.41, 5.74) is 2.21. The number of carbonyl (C=O) groups is 2. The molecule has 126 valence electrons. The SMILES string of the molecule is CC(=O)c1ccc(NC(=O)CSc2nncn2-c2ccccc2)cc1. The molecular formula is C18H16N4O2S. The van der Waals surface area contributed by atoms with Crippen LogP contribution in [0.15, 0.2) is 66.1 Å². The van der Waals surface area contributed by atoms with Gasteiger partial charge in [-0.3, -0.25) is 14.2 Å². The highest BCUT2D eigenvalue weighted by Crippen LogP contribution is 2.19. The van der Waals surface area contributed by atoms with Gasteiger partial charge in [-0.05, 0) is 43.3 Å². The topological polar surface area (TPSA) is 76.9 Å². The molecule has 0 unspecified atom stereocenters. The van der Waals surface area contributed by atoms with Crippen LogP contribution in [-0.2, 0) is 4.79 Å². The summed E-state index contributed by atoms with van der Waals surface area (Å²) in [7, 11) is 0. The number of ketones is 1. The lowest BCUT2D eigenvalue weighted by atomic mass is 10.1. The molecule has 2 aromatic carbocycles. The van der Waals surface area contributed by atoms with Crippen LogP contribution in [0.4, 0.5) is 5.69 Å². The fourth-order valence-electron chi connectivity index (χ4n) is 2.20. The predicted octanol–water partition coefficient (Wildman–Crippen LogP) is 3.20. The van der Waals surface area contributed by atoms with E-state index in [2.05, 4.69) is 15.5 Å². The summed E-state index contributed by atoms with van der Waals surface area (Å²) in [6.45, 7) is 1.51. The molecule has 6 nitrogen and oxygen atoms in total. The average Bonchev–Trinajstić information content (AvgIpc) is 3.10. The van der Waals surface area contributed by atoms with Gasteiger partial charge in [-0.2, -0.15) is 0 Å². The highest BCUT2D eigenvalue weighted by atomic mass is 32.2. The predicted molar refractivity (Wildman–Crippen MR) is 97.2 cm³/mol. The summed E-state index contributed by atoms with van der Waals surface area (Å²) in [5, 5.41) is 11.4. The maximum atomic E-state index is 12.1. The van der Waals surface area contributed by atoms with Crippen LogP contribution in [0.25, 0.3) is 5.69 Å². The number of Topliss-reactive ketones (excluding diaryl/α,β-unsaturated/α-hetero) is 1. The molecule has 0 bridgehead atoms. The number of nitrogens with zero attached hydrogens (tertiary/aromatic N) is 3. The monoisotopic (exact) mass is 352 g/mol.